The summed E-state index contributed by atoms with van der Waals surface area (Å²) in [6.45, 7) is 0.0859. The molecule has 0 saturated heterocycles. The van der Waals surface area contributed by atoms with Gasteiger partial charge in [-0.25, -0.2) is 9.78 Å². The number of carbonyl (C=O) groups is 1. The summed E-state index contributed by atoms with van der Waals surface area (Å²) in [4.78, 5) is 22.2. The number of pyridine rings is 1. The van der Waals surface area contributed by atoms with Crippen molar-refractivity contribution in [3.8, 4) is 5.75 Å². The molecule has 1 aliphatic heterocycles. The Labute approximate surface area is 191 Å². The second kappa shape index (κ2) is 8.43. The number of methoxy groups -OCH3 is 1. The summed E-state index contributed by atoms with van der Waals surface area (Å²) in [6, 6.07) is 14.2. The fourth-order valence-corrected chi connectivity index (χ4v) is 4.19. The second-order valence-corrected chi connectivity index (χ2v) is 7.88. The van der Waals surface area contributed by atoms with Crippen molar-refractivity contribution in [2.75, 3.05) is 29.2 Å². The number of anilines is 3. The molecule has 1 atom stereocenters. The molecule has 4 aromatic rings. The molecule has 0 fully saturated rings. The summed E-state index contributed by atoms with van der Waals surface area (Å²) in [5.41, 5.74) is 4.77. The maximum atomic E-state index is 12.7. The molecule has 2 aromatic carbocycles. The van der Waals surface area contributed by atoms with Crippen LogP contribution in [0.5, 0.6) is 5.75 Å². The van der Waals surface area contributed by atoms with Crippen molar-refractivity contribution >= 4 is 45.7 Å². The highest BCUT2D eigenvalue weighted by molar-refractivity contribution is 6.31. The number of fused-ring (bicyclic) bond motifs is 2. The van der Waals surface area contributed by atoms with Crippen molar-refractivity contribution in [1.82, 2.24) is 9.97 Å². The average Bonchev–Trinajstić information content (AvgIpc) is 3.44. The third-order valence-electron chi connectivity index (χ3n) is 5.50. The smallest absolute Gasteiger partial charge is 0.323 e. The van der Waals surface area contributed by atoms with E-state index in [0.717, 1.165) is 34.3 Å². The van der Waals surface area contributed by atoms with Gasteiger partial charge in [-0.3, -0.25) is 0 Å². The highest BCUT2D eigenvalue weighted by Crippen LogP contribution is 2.35. The Balaban J connectivity index is 1.37. The number of amides is 2. The van der Waals surface area contributed by atoms with Gasteiger partial charge in [0.05, 0.1) is 14.2 Å². The van der Waals surface area contributed by atoms with Crippen LogP contribution >= 0.6 is 11.6 Å². The summed E-state index contributed by atoms with van der Waals surface area (Å²) < 4.78 is 14.2. The van der Waals surface area contributed by atoms with Gasteiger partial charge in [0.1, 0.15) is 11.4 Å². The fourth-order valence-electron chi connectivity index (χ4n) is 4.02. The van der Waals surface area contributed by atoms with Crippen molar-refractivity contribution in [3.05, 3.63) is 77.1 Å². The minimum Gasteiger partial charge on any atom is -0.495 e. The molecule has 0 spiro atoms. The van der Waals surface area contributed by atoms with Crippen LogP contribution in [-0.2, 0) is 12.9 Å². The largest absolute Gasteiger partial charge is 0.495 e. The maximum absolute atomic E-state index is 12.7. The van der Waals surface area contributed by atoms with Crippen molar-refractivity contribution in [1.29, 1.82) is 0 Å². The van der Waals surface area contributed by atoms with Crippen LogP contribution < -0.4 is 20.3 Å². The van der Waals surface area contributed by atoms with Crippen molar-refractivity contribution < 1.29 is 10.9 Å². The van der Waals surface area contributed by atoms with Crippen LogP contribution in [0.3, 0.4) is 0 Å². The third kappa shape index (κ3) is 3.83. The van der Waals surface area contributed by atoms with Gasteiger partial charge in [0.15, 0.2) is 0 Å². The first-order valence-corrected chi connectivity index (χ1v) is 10.6. The zero-order valence-electron chi connectivity index (χ0n) is 18.4. The van der Waals surface area contributed by atoms with Crippen LogP contribution in [0.25, 0.3) is 11.0 Å². The van der Waals surface area contributed by atoms with Gasteiger partial charge in [-0.2, -0.15) is 0 Å². The molecule has 32 heavy (non-hydrogen) atoms. The molecule has 1 unspecified atom stereocenters. The molecule has 2 aromatic heterocycles. The van der Waals surface area contributed by atoms with E-state index in [-0.39, 0.29) is 0 Å². The van der Waals surface area contributed by atoms with E-state index in [4.69, 9.17) is 17.7 Å². The Morgan fingerprint density at radius 3 is 3.00 bits per heavy atom. The minimum atomic E-state index is -0.594. The number of nitrogens with one attached hydrogen (secondary N) is 3. The summed E-state index contributed by atoms with van der Waals surface area (Å²) in [6.07, 6.45) is 4.30. The SMILES string of the molecule is [2H]C(c1c[nH]c2ncccc12)N1CCc2c(NC(=O)Nc3cc(Cl)ccc3OC)cccc21. The molecule has 5 rings (SSSR count). The van der Waals surface area contributed by atoms with Crippen molar-refractivity contribution in [3.63, 3.8) is 0 Å². The van der Waals surface area contributed by atoms with Crippen LogP contribution in [0.4, 0.5) is 21.9 Å². The normalized spacial score (nSPS) is 14.1. The topological polar surface area (TPSA) is 82.3 Å². The monoisotopic (exact) mass is 448 g/mol. The highest BCUT2D eigenvalue weighted by atomic mass is 35.5. The quantitative estimate of drug-likeness (QED) is 0.380. The number of hydrogen-bond donors (Lipinski definition) is 3. The number of halogens is 1. The summed E-state index contributed by atoms with van der Waals surface area (Å²) >= 11 is 6.06. The predicted octanol–water partition coefficient (Wildman–Crippen LogP) is 5.43. The number of aromatic amines is 1. The molecular formula is C24H22ClN5O2. The van der Waals surface area contributed by atoms with Crippen LogP contribution in [0.2, 0.25) is 5.02 Å². The van der Waals surface area contributed by atoms with Gasteiger partial charge < -0.3 is 25.3 Å². The Hall–Kier alpha value is -3.71. The Kier molecular flexibility index (Phi) is 5.01. The molecule has 0 aliphatic carbocycles. The molecule has 3 N–H and O–H groups in total. The average molecular weight is 449 g/mol. The number of nitrogens with zero attached hydrogens (tertiary/aromatic N) is 2. The number of aromatic nitrogens is 2. The molecule has 7 nitrogen and oxygen atoms in total. The van der Waals surface area contributed by atoms with Gasteiger partial charge in [-0.05, 0) is 54.4 Å². The van der Waals surface area contributed by atoms with Crippen LogP contribution in [0, 0.1) is 0 Å². The third-order valence-corrected chi connectivity index (χ3v) is 5.73. The van der Waals surface area contributed by atoms with Gasteiger partial charge in [-0.15, -0.1) is 0 Å². The molecule has 3 heterocycles. The number of urea groups is 1. The summed E-state index contributed by atoms with van der Waals surface area (Å²) in [7, 11) is 1.53. The first kappa shape index (κ1) is 19.0. The van der Waals surface area contributed by atoms with E-state index in [2.05, 4.69) is 20.6 Å². The lowest BCUT2D eigenvalue weighted by molar-refractivity contribution is 0.262. The van der Waals surface area contributed by atoms with Crippen molar-refractivity contribution in [2.24, 2.45) is 0 Å². The standard InChI is InChI=1S/C24H22ClN5O2/c1-32-22-8-7-16(25)12-20(22)29-24(31)28-19-5-2-6-21-18(19)9-11-30(21)14-15-13-27-23-17(15)4-3-10-26-23/h2-8,10,12-13H,9,11,14H2,1H3,(H,26,27)(H2,28,29,31)/i14D. The van der Waals surface area contributed by atoms with E-state index in [1.807, 2.05) is 41.4 Å². The number of H-pyrrole nitrogens is 1. The van der Waals surface area contributed by atoms with Crippen LogP contribution in [-0.4, -0.2) is 29.7 Å². The van der Waals surface area contributed by atoms with E-state index in [0.29, 0.717) is 28.7 Å². The maximum Gasteiger partial charge on any atom is 0.323 e. The number of hydrogen-bond acceptors (Lipinski definition) is 4. The minimum absolute atomic E-state index is 0.396. The molecular weight excluding hydrogens is 426 g/mol. The number of benzene rings is 2. The lowest BCUT2D eigenvalue weighted by Gasteiger charge is -2.20. The second-order valence-electron chi connectivity index (χ2n) is 7.44. The van der Waals surface area contributed by atoms with Gasteiger partial charge in [-0.1, -0.05) is 17.7 Å². The van der Waals surface area contributed by atoms with Gasteiger partial charge in [0, 0.05) is 52.8 Å². The molecule has 1 aliphatic rings. The molecule has 162 valence electrons. The van der Waals surface area contributed by atoms with E-state index in [1.54, 1.807) is 24.4 Å². The zero-order chi connectivity index (χ0) is 22.9. The van der Waals surface area contributed by atoms with Crippen molar-refractivity contribution in [2.45, 2.75) is 12.9 Å². The van der Waals surface area contributed by atoms with E-state index < -0.39 is 12.6 Å². The van der Waals surface area contributed by atoms with Gasteiger partial charge in [0.2, 0.25) is 0 Å². The Morgan fingerprint density at radius 1 is 1.25 bits per heavy atom. The lowest BCUT2D eigenvalue weighted by Crippen LogP contribution is -2.20. The van der Waals surface area contributed by atoms with Crippen LogP contribution in [0.15, 0.2) is 60.9 Å². The van der Waals surface area contributed by atoms with E-state index >= 15 is 0 Å². The lowest BCUT2D eigenvalue weighted by atomic mass is 10.1. The molecule has 2 amide bonds. The van der Waals surface area contributed by atoms with Crippen LogP contribution in [0.1, 0.15) is 12.5 Å². The first-order chi connectivity index (χ1) is 16.0. The number of carbonyl (C=O) groups excluding carboxylic acids is 1. The number of rotatable bonds is 5. The summed E-state index contributed by atoms with van der Waals surface area (Å²) in [5, 5.41) is 7.17. The Bertz CT molecular complexity index is 1340. The Morgan fingerprint density at radius 2 is 2.12 bits per heavy atom. The van der Waals surface area contributed by atoms with Gasteiger partial charge >= 0.3 is 6.03 Å². The first-order valence-electron chi connectivity index (χ1n) is 10.8. The van der Waals surface area contributed by atoms with E-state index in [1.165, 1.54) is 7.11 Å². The number of ether oxygens (including phenoxy) is 1. The summed E-state index contributed by atoms with van der Waals surface area (Å²) in [5.74, 6) is 0.518. The molecule has 8 heteroatoms. The molecule has 0 saturated carbocycles. The molecule has 0 radical (unpaired) electrons. The van der Waals surface area contributed by atoms with E-state index in [9.17, 15) is 4.79 Å². The fraction of sp³-hybridized carbons (Fsp3) is 0.167. The zero-order valence-corrected chi connectivity index (χ0v) is 18.1. The highest BCUT2D eigenvalue weighted by Gasteiger charge is 2.23. The van der Waals surface area contributed by atoms with Gasteiger partial charge in [0.25, 0.3) is 0 Å². The molecule has 0 bridgehead atoms. The predicted molar refractivity (Wildman–Crippen MR) is 128 cm³/mol.